The molecule has 1 amide bonds. The summed E-state index contributed by atoms with van der Waals surface area (Å²) >= 11 is 0. The number of carbonyl (C=O) groups excluding carboxylic acids is 1. The normalized spacial score (nSPS) is 11.3. The van der Waals surface area contributed by atoms with Crippen LogP contribution in [0.1, 0.15) is 19.0 Å². The number of nitro groups is 1. The molecule has 0 aliphatic heterocycles. The van der Waals surface area contributed by atoms with E-state index in [0.29, 0.717) is 5.69 Å². The van der Waals surface area contributed by atoms with Crippen molar-refractivity contribution >= 4 is 11.7 Å². The van der Waals surface area contributed by atoms with Gasteiger partial charge in [0.15, 0.2) is 6.10 Å². The third-order valence-electron chi connectivity index (χ3n) is 2.74. The van der Waals surface area contributed by atoms with Crippen LogP contribution in [0.4, 0.5) is 5.82 Å². The van der Waals surface area contributed by atoms with Crippen LogP contribution < -0.4 is 4.74 Å². The first-order chi connectivity index (χ1) is 9.86. The highest BCUT2D eigenvalue weighted by Crippen LogP contribution is 2.25. The van der Waals surface area contributed by atoms with Crippen LogP contribution in [0.3, 0.4) is 0 Å². The standard InChI is InChI=1S/C13H16N4O4/c1-9-5-6-11(12(15-9)17(19)20)21-10(2)13(18)16(3)8-4-7-14/h5-6,10H,4,8H2,1-3H3/t10-/m0/s1. The summed E-state index contributed by atoms with van der Waals surface area (Å²) in [5, 5.41) is 19.4. The molecule has 21 heavy (non-hydrogen) atoms. The molecule has 112 valence electrons. The Labute approximate surface area is 122 Å². The third-order valence-corrected chi connectivity index (χ3v) is 2.74. The molecule has 1 aromatic heterocycles. The summed E-state index contributed by atoms with van der Waals surface area (Å²) in [4.78, 5) is 27.4. The molecule has 0 aliphatic rings. The molecule has 0 saturated carbocycles. The topological polar surface area (TPSA) is 109 Å². The van der Waals surface area contributed by atoms with Crippen LogP contribution in [-0.4, -0.2) is 40.4 Å². The zero-order chi connectivity index (χ0) is 16.0. The molecular weight excluding hydrogens is 276 g/mol. The van der Waals surface area contributed by atoms with Gasteiger partial charge < -0.3 is 19.8 Å². The minimum Gasteiger partial charge on any atom is -0.473 e. The van der Waals surface area contributed by atoms with Gasteiger partial charge in [-0.05, 0) is 29.0 Å². The first-order valence-electron chi connectivity index (χ1n) is 6.27. The average Bonchev–Trinajstić information content (AvgIpc) is 2.45. The number of nitriles is 1. The number of nitrogens with zero attached hydrogens (tertiary/aromatic N) is 4. The Morgan fingerprint density at radius 2 is 2.29 bits per heavy atom. The predicted octanol–water partition coefficient (Wildman–Crippen LogP) is 1.44. The summed E-state index contributed by atoms with van der Waals surface area (Å²) in [7, 11) is 1.54. The van der Waals surface area contributed by atoms with Crippen LogP contribution >= 0.6 is 0 Å². The number of amides is 1. The quantitative estimate of drug-likeness (QED) is 0.579. The van der Waals surface area contributed by atoms with Crippen molar-refractivity contribution in [3.8, 4) is 11.8 Å². The van der Waals surface area contributed by atoms with Gasteiger partial charge >= 0.3 is 5.82 Å². The highest BCUT2D eigenvalue weighted by atomic mass is 16.6. The molecule has 1 aromatic rings. The van der Waals surface area contributed by atoms with E-state index in [-0.39, 0.29) is 24.6 Å². The smallest absolute Gasteiger partial charge is 0.406 e. The molecule has 1 heterocycles. The van der Waals surface area contributed by atoms with Crippen LogP contribution in [0.2, 0.25) is 0 Å². The van der Waals surface area contributed by atoms with Gasteiger partial charge in [0.1, 0.15) is 5.69 Å². The number of hydrogen-bond donors (Lipinski definition) is 0. The fourth-order valence-electron chi connectivity index (χ4n) is 1.63. The van der Waals surface area contributed by atoms with Gasteiger partial charge in [-0.2, -0.15) is 5.26 Å². The Hall–Kier alpha value is -2.69. The van der Waals surface area contributed by atoms with Crippen LogP contribution in [0.5, 0.6) is 5.75 Å². The molecular formula is C13H16N4O4. The number of likely N-dealkylation sites (N-methyl/N-ethyl adjacent to an activating group) is 1. The molecule has 0 saturated heterocycles. The summed E-state index contributed by atoms with van der Waals surface area (Å²) < 4.78 is 5.35. The molecule has 0 spiro atoms. The van der Waals surface area contributed by atoms with Crippen molar-refractivity contribution in [1.82, 2.24) is 9.88 Å². The van der Waals surface area contributed by atoms with E-state index in [1.54, 1.807) is 20.0 Å². The van der Waals surface area contributed by atoms with Crippen molar-refractivity contribution in [3.05, 3.63) is 27.9 Å². The summed E-state index contributed by atoms with van der Waals surface area (Å²) in [5.41, 5.74) is 0.485. The van der Waals surface area contributed by atoms with Crippen molar-refractivity contribution in [1.29, 1.82) is 5.26 Å². The number of hydrogen-bond acceptors (Lipinski definition) is 6. The first kappa shape index (κ1) is 16.4. The van der Waals surface area contributed by atoms with Gasteiger partial charge in [-0.3, -0.25) is 4.79 Å². The Morgan fingerprint density at radius 1 is 1.62 bits per heavy atom. The van der Waals surface area contributed by atoms with Gasteiger partial charge in [-0.1, -0.05) is 0 Å². The Bertz CT molecular complexity index is 582. The molecule has 8 heteroatoms. The fraction of sp³-hybridized carbons (Fsp3) is 0.462. The first-order valence-corrected chi connectivity index (χ1v) is 6.27. The molecule has 1 atom stereocenters. The predicted molar refractivity (Wildman–Crippen MR) is 73.6 cm³/mol. The van der Waals surface area contributed by atoms with E-state index in [2.05, 4.69) is 4.98 Å². The molecule has 1 rings (SSSR count). The Morgan fingerprint density at radius 3 is 2.86 bits per heavy atom. The number of ether oxygens (including phenoxy) is 1. The molecule has 0 bridgehead atoms. The summed E-state index contributed by atoms with van der Waals surface area (Å²) in [6, 6.07) is 4.92. The number of aromatic nitrogens is 1. The van der Waals surface area contributed by atoms with Gasteiger partial charge in [0.25, 0.3) is 5.91 Å². The Kier molecular flexibility index (Phi) is 5.60. The molecule has 0 fully saturated rings. The van der Waals surface area contributed by atoms with Gasteiger partial charge in [0, 0.05) is 20.5 Å². The van der Waals surface area contributed by atoms with Crippen molar-refractivity contribution in [3.63, 3.8) is 0 Å². The second kappa shape index (κ2) is 7.19. The van der Waals surface area contributed by atoms with E-state index < -0.39 is 16.8 Å². The van der Waals surface area contributed by atoms with Crippen molar-refractivity contribution < 1.29 is 14.5 Å². The fourth-order valence-corrected chi connectivity index (χ4v) is 1.63. The molecule has 8 nitrogen and oxygen atoms in total. The number of aryl methyl sites for hydroxylation is 1. The largest absolute Gasteiger partial charge is 0.473 e. The number of pyridine rings is 1. The summed E-state index contributed by atoms with van der Waals surface area (Å²) in [5.74, 6) is -0.838. The van der Waals surface area contributed by atoms with E-state index in [1.807, 2.05) is 6.07 Å². The second-order valence-electron chi connectivity index (χ2n) is 4.46. The van der Waals surface area contributed by atoms with Crippen LogP contribution in [0.15, 0.2) is 12.1 Å². The molecule has 0 unspecified atom stereocenters. The number of carbonyl (C=O) groups is 1. The maximum Gasteiger partial charge on any atom is 0.406 e. The average molecular weight is 292 g/mol. The molecule has 0 radical (unpaired) electrons. The lowest BCUT2D eigenvalue weighted by molar-refractivity contribution is -0.390. The van der Waals surface area contributed by atoms with Crippen molar-refractivity contribution in [2.24, 2.45) is 0 Å². The zero-order valence-electron chi connectivity index (χ0n) is 12.1. The van der Waals surface area contributed by atoms with Gasteiger partial charge in [-0.15, -0.1) is 0 Å². The highest BCUT2D eigenvalue weighted by molar-refractivity contribution is 5.80. The van der Waals surface area contributed by atoms with Crippen LogP contribution in [0, 0.1) is 28.4 Å². The van der Waals surface area contributed by atoms with Gasteiger partial charge in [0.2, 0.25) is 5.75 Å². The highest BCUT2D eigenvalue weighted by Gasteiger charge is 2.24. The monoisotopic (exact) mass is 292 g/mol. The number of rotatable bonds is 6. The molecule has 0 aliphatic carbocycles. The minimum atomic E-state index is -0.906. The second-order valence-corrected chi connectivity index (χ2v) is 4.46. The van der Waals surface area contributed by atoms with E-state index in [4.69, 9.17) is 10.00 Å². The summed E-state index contributed by atoms with van der Waals surface area (Å²) in [6.45, 7) is 3.40. The van der Waals surface area contributed by atoms with Crippen LogP contribution in [0.25, 0.3) is 0 Å². The zero-order valence-corrected chi connectivity index (χ0v) is 12.1. The lowest BCUT2D eigenvalue weighted by Crippen LogP contribution is -2.38. The van der Waals surface area contributed by atoms with E-state index in [1.165, 1.54) is 17.9 Å². The van der Waals surface area contributed by atoms with Crippen LogP contribution in [-0.2, 0) is 4.79 Å². The lowest BCUT2D eigenvalue weighted by Gasteiger charge is -2.20. The van der Waals surface area contributed by atoms with Crippen molar-refractivity contribution in [2.45, 2.75) is 26.4 Å². The maximum absolute atomic E-state index is 12.0. The van der Waals surface area contributed by atoms with E-state index in [9.17, 15) is 14.9 Å². The van der Waals surface area contributed by atoms with Gasteiger partial charge in [-0.25, -0.2) is 0 Å². The minimum absolute atomic E-state index is 0.0554. The van der Waals surface area contributed by atoms with E-state index in [0.717, 1.165) is 0 Å². The van der Waals surface area contributed by atoms with Crippen molar-refractivity contribution in [2.75, 3.05) is 13.6 Å². The molecule has 0 aromatic carbocycles. The molecule has 0 N–H and O–H groups in total. The third kappa shape index (κ3) is 4.42. The van der Waals surface area contributed by atoms with Gasteiger partial charge in [0.05, 0.1) is 12.5 Å². The summed E-state index contributed by atoms with van der Waals surface area (Å²) in [6.07, 6.45) is -0.696. The maximum atomic E-state index is 12.0. The Balaban J connectivity index is 2.84. The van der Waals surface area contributed by atoms with E-state index >= 15 is 0 Å². The lowest BCUT2D eigenvalue weighted by atomic mass is 10.3. The SMILES string of the molecule is Cc1ccc(O[C@@H](C)C(=O)N(C)CCC#N)c([N+](=O)[O-])n1.